The van der Waals surface area contributed by atoms with Crippen molar-refractivity contribution < 1.29 is 9.59 Å². The highest BCUT2D eigenvalue weighted by Gasteiger charge is 2.24. The van der Waals surface area contributed by atoms with Crippen LogP contribution in [-0.4, -0.2) is 42.2 Å². The molecule has 1 aliphatic rings. The number of carbonyl (C=O) groups is 2. The fraction of sp³-hybridized carbons (Fsp3) is 0.800. The summed E-state index contributed by atoms with van der Waals surface area (Å²) in [7, 11) is 0. The molecular weight excluding hydrogens is 216 g/mol. The first-order valence-electron chi connectivity index (χ1n) is 5.24. The Morgan fingerprint density at radius 3 is 2.47 bits per heavy atom. The summed E-state index contributed by atoms with van der Waals surface area (Å²) < 4.78 is 0. The molecule has 0 spiro atoms. The monoisotopic (exact) mass is 232 g/mol. The second-order valence-corrected chi connectivity index (χ2v) is 4.17. The highest BCUT2D eigenvalue weighted by Crippen LogP contribution is 2.17. The van der Waals surface area contributed by atoms with Gasteiger partial charge in [-0.2, -0.15) is 0 Å². The Hall–Kier alpha value is -0.770. The van der Waals surface area contributed by atoms with Gasteiger partial charge in [-0.15, -0.1) is 11.6 Å². The molecule has 2 amide bonds. The van der Waals surface area contributed by atoms with Gasteiger partial charge in [0.2, 0.25) is 0 Å². The number of hydrogen-bond donors (Lipinski definition) is 1. The number of halogens is 1. The third kappa shape index (κ3) is 3.70. The van der Waals surface area contributed by atoms with Crippen molar-refractivity contribution in [1.29, 1.82) is 0 Å². The average Bonchev–Trinajstić information content (AvgIpc) is 2.26. The van der Waals surface area contributed by atoms with E-state index in [1.54, 1.807) is 11.8 Å². The van der Waals surface area contributed by atoms with Crippen molar-refractivity contribution in [2.75, 3.05) is 25.5 Å². The largest absolute Gasteiger partial charge is 0.337 e. The van der Waals surface area contributed by atoms with Gasteiger partial charge in [0, 0.05) is 31.4 Å². The van der Waals surface area contributed by atoms with Crippen molar-refractivity contribution >= 4 is 23.4 Å². The molecule has 15 heavy (non-hydrogen) atoms. The van der Waals surface area contributed by atoms with Crippen LogP contribution in [0.1, 0.15) is 19.8 Å². The van der Waals surface area contributed by atoms with E-state index in [9.17, 15) is 9.59 Å². The van der Waals surface area contributed by atoms with Gasteiger partial charge in [-0.05, 0) is 19.8 Å². The zero-order valence-corrected chi connectivity index (χ0v) is 9.72. The molecule has 1 N–H and O–H groups in total. The minimum atomic E-state index is -0.0716. The van der Waals surface area contributed by atoms with E-state index in [-0.39, 0.29) is 17.7 Å². The summed E-state index contributed by atoms with van der Waals surface area (Å²) in [6.07, 6.45) is 1.56. The predicted octanol–water partition coefficient (Wildman–Crippen LogP) is 1.24. The molecule has 86 valence electrons. The smallest absolute Gasteiger partial charge is 0.317 e. The van der Waals surface area contributed by atoms with E-state index in [4.69, 9.17) is 11.6 Å². The normalized spacial score (nSPS) is 17.6. The van der Waals surface area contributed by atoms with E-state index in [2.05, 4.69) is 5.32 Å². The van der Waals surface area contributed by atoms with Gasteiger partial charge < -0.3 is 10.2 Å². The quantitative estimate of drug-likeness (QED) is 0.745. The van der Waals surface area contributed by atoms with Crippen LogP contribution >= 0.6 is 11.6 Å². The first-order valence-corrected chi connectivity index (χ1v) is 5.77. The van der Waals surface area contributed by atoms with E-state index >= 15 is 0 Å². The van der Waals surface area contributed by atoms with Crippen molar-refractivity contribution in [3.8, 4) is 0 Å². The second-order valence-electron chi connectivity index (χ2n) is 3.79. The maximum atomic E-state index is 11.5. The molecule has 0 atom stereocenters. The highest BCUT2D eigenvalue weighted by molar-refractivity contribution is 6.18. The molecule has 0 bridgehead atoms. The number of nitrogens with zero attached hydrogens (tertiary/aromatic N) is 1. The lowest BCUT2D eigenvalue weighted by atomic mass is 9.93. The van der Waals surface area contributed by atoms with Gasteiger partial charge in [0.15, 0.2) is 0 Å². The van der Waals surface area contributed by atoms with Crippen LogP contribution in [0.5, 0.6) is 0 Å². The van der Waals surface area contributed by atoms with Gasteiger partial charge in [-0.1, -0.05) is 0 Å². The summed E-state index contributed by atoms with van der Waals surface area (Å²) in [4.78, 5) is 24.4. The minimum absolute atomic E-state index is 0.0716. The SMILES string of the molecule is CC(=O)C1CCN(C(=O)NCCCl)CC1. The van der Waals surface area contributed by atoms with Crippen LogP contribution in [0.3, 0.4) is 0 Å². The van der Waals surface area contributed by atoms with Crippen molar-refractivity contribution in [1.82, 2.24) is 10.2 Å². The summed E-state index contributed by atoms with van der Waals surface area (Å²) in [5.41, 5.74) is 0. The molecule has 1 fully saturated rings. The Labute approximate surface area is 95.0 Å². The fourth-order valence-corrected chi connectivity index (χ4v) is 1.85. The third-order valence-corrected chi connectivity index (χ3v) is 2.92. The Kier molecular flexibility index (Phi) is 4.88. The molecule has 0 radical (unpaired) electrons. The Bertz CT molecular complexity index is 238. The highest BCUT2D eigenvalue weighted by atomic mass is 35.5. The van der Waals surface area contributed by atoms with E-state index in [0.717, 1.165) is 12.8 Å². The van der Waals surface area contributed by atoms with Crippen LogP contribution in [0.15, 0.2) is 0 Å². The number of rotatable bonds is 3. The summed E-state index contributed by atoms with van der Waals surface area (Å²) >= 11 is 5.47. The molecule has 0 unspecified atom stereocenters. The number of amides is 2. The molecule has 1 rings (SSSR count). The first-order chi connectivity index (χ1) is 7.15. The maximum Gasteiger partial charge on any atom is 0.317 e. The number of Topliss-reactive ketones (excluding diaryl/α,β-unsaturated/α-hetero) is 1. The Morgan fingerprint density at radius 2 is 2.00 bits per heavy atom. The zero-order valence-electron chi connectivity index (χ0n) is 8.96. The molecule has 0 aliphatic carbocycles. The van der Waals surface area contributed by atoms with E-state index in [1.165, 1.54) is 0 Å². The zero-order chi connectivity index (χ0) is 11.3. The van der Waals surface area contributed by atoms with Crippen LogP contribution in [0.25, 0.3) is 0 Å². The number of likely N-dealkylation sites (tertiary alicyclic amines) is 1. The van der Waals surface area contributed by atoms with Gasteiger partial charge in [-0.25, -0.2) is 4.79 Å². The van der Waals surface area contributed by atoms with Crippen LogP contribution in [0.4, 0.5) is 4.79 Å². The van der Waals surface area contributed by atoms with Gasteiger partial charge in [0.1, 0.15) is 5.78 Å². The predicted molar refractivity (Wildman–Crippen MR) is 59.1 cm³/mol. The Morgan fingerprint density at radius 1 is 1.40 bits per heavy atom. The molecule has 4 nitrogen and oxygen atoms in total. The summed E-state index contributed by atoms with van der Waals surface area (Å²) in [5.74, 6) is 0.799. The molecule has 1 saturated heterocycles. The molecule has 5 heteroatoms. The van der Waals surface area contributed by atoms with Crippen LogP contribution in [0, 0.1) is 5.92 Å². The number of urea groups is 1. The molecule has 0 aromatic heterocycles. The number of carbonyl (C=O) groups excluding carboxylic acids is 2. The van der Waals surface area contributed by atoms with Crippen molar-refractivity contribution in [2.24, 2.45) is 5.92 Å². The lowest BCUT2D eigenvalue weighted by molar-refractivity contribution is -0.121. The van der Waals surface area contributed by atoms with Crippen LogP contribution in [-0.2, 0) is 4.79 Å². The third-order valence-electron chi connectivity index (χ3n) is 2.73. The first kappa shape index (κ1) is 12.3. The Balaban J connectivity index is 2.30. The standard InChI is InChI=1S/C10H17ClN2O2/c1-8(14)9-2-6-13(7-3-9)10(15)12-5-4-11/h9H,2-7H2,1H3,(H,12,15). The molecule has 0 saturated carbocycles. The molecule has 0 aromatic rings. The van der Waals surface area contributed by atoms with Gasteiger partial charge >= 0.3 is 6.03 Å². The van der Waals surface area contributed by atoms with Crippen LogP contribution in [0.2, 0.25) is 0 Å². The van der Waals surface area contributed by atoms with Gasteiger partial charge in [0.05, 0.1) is 0 Å². The van der Waals surface area contributed by atoms with Crippen LogP contribution < -0.4 is 5.32 Å². The topological polar surface area (TPSA) is 49.4 Å². The summed E-state index contributed by atoms with van der Waals surface area (Å²) in [6.45, 7) is 3.44. The molecule has 1 aliphatic heterocycles. The number of alkyl halides is 1. The van der Waals surface area contributed by atoms with Gasteiger partial charge in [0.25, 0.3) is 0 Å². The molecular formula is C10H17ClN2O2. The van der Waals surface area contributed by atoms with Crippen molar-refractivity contribution in [3.63, 3.8) is 0 Å². The summed E-state index contributed by atoms with van der Waals surface area (Å²) in [5, 5.41) is 2.72. The average molecular weight is 233 g/mol. The van der Waals surface area contributed by atoms with E-state index in [1.807, 2.05) is 0 Å². The molecule has 1 heterocycles. The van der Waals surface area contributed by atoms with Gasteiger partial charge in [-0.3, -0.25) is 4.79 Å². The van der Waals surface area contributed by atoms with Crippen molar-refractivity contribution in [2.45, 2.75) is 19.8 Å². The lowest BCUT2D eigenvalue weighted by Gasteiger charge is -2.30. The maximum absolute atomic E-state index is 11.5. The van der Waals surface area contributed by atoms with E-state index < -0.39 is 0 Å². The second kappa shape index (κ2) is 5.95. The number of ketones is 1. The summed E-state index contributed by atoms with van der Waals surface area (Å²) in [6, 6.07) is -0.0716. The number of hydrogen-bond acceptors (Lipinski definition) is 2. The lowest BCUT2D eigenvalue weighted by Crippen LogP contribution is -2.45. The molecule has 0 aromatic carbocycles. The number of piperidine rings is 1. The fourth-order valence-electron chi connectivity index (χ4n) is 1.76. The van der Waals surface area contributed by atoms with Crippen molar-refractivity contribution in [3.05, 3.63) is 0 Å². The number of nitrogens with one attached hydrogen (secondary N) is 1. The minimum Gasteiger partial charge on any atom is -0.337 e. The van der Waals surface area contributed by atoms with E-state index in [0.29, 0.717) is 25.5 Å².